The molecule has 29 heteroatoms. The van der Waals surface area contributed by atoms with Gasteiger partial charge in [0.2, 0.25) is 23.6 Å². The third-order valence-corrected chi connectivity index (χ3v) is 17.1. The average Bonchev–Trinajstić information content (AvgIpc) is 1.57. The number of nitrogens with two attached hydrogens (primary N) is 1. The highest BCUT2D eigenvalue weighted by Crippen LogP contribution is 2.49. The van der Waals surface area contributed by atoms with Gasteiger partial charge in [-0.2, -0.15) is 0 Å². The Balaban J connectivity index is 1.03. The number of carbonyl (C=O) groups is 11. The fraction of sp³-hybridized carbons (Fsp3) is 0.524. The molecule has 3 saturated heterocycles. The maximum Gasteiger partial charge on any atom is 0.409 e. The molecule has 28 nitrogen and oxygen atoms in total. The summed E-state index contributed by atoms with van der Waals surface area (Å²) in [6, 6.07) is 6.75. The molecule has 5 heterocycles. The molecule has 1 aromatic heterocycles. The van der Waals surface area contributed by atoms with Gasteiger partial charge < -0.3 is 70.4 Å². The van der Waals surface area contributed by atoms with E-state index in [-0.39, 0.29) is 80.7 Å². The maximum absolute atomic E-state index is 14.5. The van der Waals surface area contributed by atoms with Crippen molar-refractivity contribution in [2.75, 3.05) is 45.1 Å². The molecule has 0 spiro atoms. The molecule has 498 valence electrons. The van der Waals surface area contributed by atoms with E-state index in [1.807, 2.05) is 13.0 Å². The quantitative estimate of drug-likeness (QED) is 0.0314. The van der Waals surface area contributed by atoms with Crippen molar-refractivity contribution >= 4 is 99.4 Å². The van der Waals surface area contributed by atoms with Gasteiger partial charge in [0.15, 0.2) is 5.72 Å². The first-order valence-electron chi connectivity index (χ1n) is 30.2. The van der Waals surface area contributed by atoms with E-state index >= 15 is 0 Å². The number of nitrogens with one attached hydrogen (secondary N) is 5. The number of likely N-dealkylation sites (N-methyl/N-ethyl adjacent to an activating group) is 1. The van der Waals surface area contributed by atoms with Crippen LogP contribution in [0.4, 0.5) is 21.1 Å². The predicted octanol–water partition coefficient (Wildman–Crippen LogP) is 4.56. The van der Waals surface area contributed by atoms with E-state index in [0.717, 1.165) is 11.1 Å². The van der Waals surface area contributed by atoms with Gasteiger partial charge in [0.05, 0.1) is 30.8 Å². The number of alkyl carbamates (subject to hydrolysis) is 1. The Morgan fingerprint density at radius 1 is 0.946 bits per heavy atom. The number of fused-ring (bicyclic) bond motifs is 6. The second-order valence-corrected chi connectivity index (χ2v) is 24.3. The number of allylic oxidation sites excluding steroid dienone is 3. The Morgan fingerprint density at radius 2 is 1.65 bits per heavy atom. The lowest BCUT2D eigenvalue weighted by Crippen LogP contribution is -2.63. The predicted molar refractivity (Wildman–Crippen MR) is 332 cm³/mol. The summed E-state index contributed by atoms with van der Waals surface area (Å²) in [6.07, 6.45) is 0.227. The second-order valence-electron chi connectivity index (χ2n) is 23.9. The van der Waals surface area contributed by atoms with E-state index < -0.39 is 138 Å². The molecule has 10 amide bonds. The lowest BCUT2D eigenvalue weighted by atomic mass is 9.83. The molecule has 4 aliphatic heterocycles. The molecule has 4 aliphatic rings. The van der Waals surface area contributed by atoms with Crippen molar-refractivity contribution in [1.82, 2.24) is 36.2 Å². The Morgan fingerprint density at radius 3 is 2.33 bits per heavy atom. The smallest absolute Gasteiger partial charge is 0.409 e. The number of rotatable bonds is 22. The van der Waals surface area contributed by atoms with Crippen LogP contribution >= 0.6 is 11.6 Å². The van der Waals surface area contributed by atoms with Crippen LogP contribution in [-0.4, -0.2) is 174 Å². The number of halogens is 1. The molecular formula is C63H81ClN10O18. The summed E-state index contributed by atoms with van der Waals surface area (Å²) in [5, 5.41) is 26.0. The van der Waals surface area contributed by atoms with Gasteiger partial charge in [0.25, 0.3) is 17.7 Å². The highest BCUT2D eigenvalue weighted by Gasteiger charge is 2.64. The molecule has 3 aromatic rings. The number of nitrogens with zero attached hydrogens (tertiary/aromatic N) is 4. The van der Waals surface area contributed by atoms with Crippen LogP contribution in [0.1, 0.15) is 122 Å². The Kier molecular flexibility index (Phi) is 23.5. The Hall–Kier alpha value is -8.73. The zero-order valence-electron chi connectivity index (χ0n) is 53.1. The number of imide groups is 1. The van der Waals surface area contributed by atoms with Crippen molar-refractivity contribution in [3.63, 3.8) is 0 Å². The molecule has 4 bridgehead atoms. The van der Waals surface area contributed by atoms with E-state index in [1.54, 1.807) is 58.0 Å². The fourth-order valence-corrected chi connectivity index (χ4v) is 11.4. The number of primary amides is 1. The van der Waals surface area contributed by atoms with Crippen LogP contribution in [0, 0.1) is 11.8 Å². The van der Waals surface area contributed by atoms with Crippen LogP contribution < -0.4 is 42.0 Å². The van der Waals surface area contributed by atoms with Crippen molar-refractivity contribution in [3.05, 3.63) is 82.4 Å². The zero-order valence-corrected chi connectivity index (χ0v) is 53.8. The number of ether oxygens (including phenoxy) is 5. The minimum Gasteiger partial charge on any atom is -0.495 e. The lowest BCUT2D eigenvalue weighted by Gasteiger charge is -2.42. The average molecular weight is 1300 g/mol. The standard InChI is InChI=1S/C63H81ClN10O18/c1-33(2)54(70-48(75)18-11-12-19-52(79)92-74-49(76)24-25-50(74)77)57(81)68-41(16-14-26-66-60(65)84)56(80)69-47-23-21-38-30-39(20-22-40(38)67-47)58(82)72(7)36(5)59(83)90-46-31-51(78)73(8)42-28-37(29-43(87-9)53(42)64)27-34(3)15-13-17-45(88-10)63(86)32-44(89-61(85)71-63)35(4)55-62(46,6)91-55/h13,15,17,20-23,28-30,33,35-36,41,44-46,54-55,86H,11-12,14,16,18-19,24-27,31-32H2,1-10H3,(H,68,81)(H,70,75)(H,71,85)(H3,65,66,84)(H,67,69,80)/b17-13+,34-15+/t35-,36+,41+,44+,45-,46+,54+,55+,62+,63+/m1/s1. The number of hydrogen-bond acceptors (Lipinski definition) is 19. The summed E-state index contributed by atoms with van der Waals surface area (Å²) < 4.78 is 29.6. The van der Waals surface area contributed by atoms with Crippen molar-refractivity contribution in [3.8, 4) is 5.75 Å². The number of unbranched alkanes of at least 4 members (excludes halogenated alkanes) is 1. The molecule has 7 rings (SSSR count). The SMILES string of the molecule is COc1cc2cc(c1Cl)N(C)C(=O)C[C@H](OC(=O)[C@H](C)N(C)C(=O)c1ccc3nc(NC(=O)[C@H](CCCNC(N)=O)NC(=O)[C@@H](NC(=O)CCCCC(=O)ON4C(=O)CCC4=O)C(C)C)ccc3c1)[C@]1(C)O[C@H]1[C@H](C)[C@@H]1C[C@@](O)(NC(=O)O1)[C@H](OC)/C=C/C=C(\C)C2. The number of benzene rings is 2. The maximum atomic E-state index is 14.5. The summed E-state index contributed by atoms with van der Waals surface area (Å²) in [7, 11) is 5.78. The lowest BCUT2D eigenvalue weighted by molar-refractivity contribution is -0.197. The topological polar surface area (TPSA) is 375 Å². The molecule has 0 aliphatic carbocycles. The third-order valence-electron chi connectivity index (χ3n) is 16.7. The van der Waals surface area contributed by atoms with Gasteiger partial charge >= 0.3 is 24.1 Å². The number of anilines is 2. The summed E-state index contributed by atoms with van der Waals surface area (Å²) in [4.78, 5) is 156. The normalized spacial score (nSPS) is 24.3. The number of pyridine rings is 1. The Labute approximate surface area is 536 Å². The van der Waals surface area contributed by atoms with Crippen LogP contribution in [-0.2, 0) is 68.6 Å². The van der Waals surface area contributed by atoms with Crippen molar-refractivity contribution in [1.29, 1.82) is 0 Å². The number of aromatic nitrogens is 1. The van der Waals surface area contributed by atoms with Crippen molar-refractivity contribution < 1.29 is 86.4 Å². The van der Waals surface area contributed by atoms with Gasteiger partial charge in [-0.05, 0) is 107 Å². The molecular weight excluding hydrogens is 1220 g/mol. The Bertz CT molecular complexity index is 3400. The second kappa shape index (κ2) is 30.6. The molecule has 0 radical (unpaired) electrons. The van der Waals surface area contributed by atoms with E-state index in [0.29, 0.717) is 33.8 Å². The number of urea groups is 1. The van der Waals surface area contributed by atoms with Gasteiger partial charge in [0, 0.05) is 76.7 Å². The third kappa shape index (κ3) is 17.4. The van der Waals surface area contributed by atoms with Crippen LogP contribution in [0.3, 0.4) is 0 Å². The number of esters is 1. The highest BCUT2D eigenvalue weighted by molar-refractivity contribution is 6.35. The fourth-order valence-electron chi connectivity index (χ4n) is 11.1. The number of methoxy groups -OCH3 is 2. The molecule has 2 aromatic carbocycles. The van der Waals surface area contributed by atoms with Crippen LogP contribution in [0.15, 0.2) is 66.3 Å². The molecule has 3 fully saturated rings. The van der Waals surface area contributed by atoms with Gasteiger partial charge in [-0.3, -0.25) is 38.9 Å². The molecule has 8 N–H and O–H groups in total. The van der Waals surface area contributed by atoms with Gasteiger partial charge in [-0.1, -0.05) is 56.2 Å². The summed E-state index contributed by atoms with van der Waals surface area (Å²) in [6.45, 7) is 10.2. The summed E-state index contributed by atoms with van der Waals surface area (Å²) >= 11 is 6.86. The number of carbonyl (C=O) groups excluding carboxylic acids is 11. The van der Waals surface area contributed by atoms with E-state index in [2.05, 4.69) is 31.6 Å². The van der Waals surface area contributed by atoms with Gasteiger partial charge in [-0.25, -0.2) is 24.2 Å². The minimum atomic E-state index is -1.92. The first kappa shape index (κ1) is 70.7. The van der Waals surface area contributed by atoms with Crippen LogP contribution in [0.2, 0.25) is 5.02 Å². The highest BCUT2D eigenvalue weighted by atomic mass is 35.5. The molecule has 0 saturated carbocycles. The molecule has 0 unspecified atom stereocenters. The van der Waals surface area contributed by atoms with Gasteiger partial charge in [-0.15, -0.1) is 5.06 Å². The van der Waals surface area contributed by atoms with E-state index in [1.165, 1.54) is 69.3 Å². The van der Waals surface area contributed by atoms with E-state index in [4.69, 9.17) is 45.9 Å². The number of amides is 10. The number of hydroxylamine groups is 2. The monoisotopic (exact) mass is 1300 g/mol. The minimum absolute atomic E-state index is 0.0125. The first-order chi connectivity index (χ1) is 43.5. The van der Waals surface area contributed by atoms with Crippen LogP contribution in [0.25, 0.3) is 10.9 Å². The zero-order chi connectivity index (χ0) is 67.5. The number of epoxide rings is 1. The summed E-state index contributed by atoms with van der Waals surface area (Å²) in [5.74, 6) is -6.67. The largest absolute Gasteiger partial charge is 0.495 e. The molecule has 92 heavy (non-hydrogen) atoms. The van der Waals surface area contributed by atoms with Crippen molar-refractivity contribution in [2.45, 2.75) is 166 Å². The van der Waals surface area contributed by atoms with E-state index in [9.17, 15) is 57.8 Å². The summed E-state index contributed by atoms with van der Waals surface area (Å²) in [5.41, 5.74) is 4.36. The van der Waals surface area contributed by atoms with Crippen LogP contribution in [0.5, 0.6) is 5.75 Å². The van der Waals surface area contributed by atoms with Gasteiger partial charge in [0.1, 0.15) is 58.6 Å². The number of aliphatic hydroxyl groups is 1. The number of hydrogen-bond donors (Lipinski definition) is 7. The first-order valence-corrected chi connectivity index (χ1v) is 30.6. The molecule has 10 atom stereocenters. The van der Waals surface area contributed by atoms with Crippen molar-refractivity contribution in [2.24, 2.45) is 17.6 Å².